The number of carbonyl (C=O) groups is 2. The number of ether oxygens (including phenoxy) is 1. The molecule has 0 radical (unpaired) electrons. The van der Waals surface area contributed by atoms with Crippen molar-refractivity contribution in [2.75, 3.05) is 0 Å². The Balaban J connectivity index is 1.25. The van der Waals surface area contributed by atoms with Gasteiger partial charge in [-0.25, -0.2) is 4.79 Å². The maximum atomic E-state index is 13.0. The zero-order chi connectivity index (χ0) is 32.8. The Bertz CT molecular complexity index is 1450. The van der Waals surface area contributed by atoms with Crippen LogP contribution in [0.1, 0.15) is 118 Å². The summed E-state index contributed by atoms with van der Waals surface area (Å²) in [5, 5.41) is 30.0. The van der Waals surface area contributed by atoms with E-state index in [2.05, 4.69) is 54.5 Å². The Morgan fingerprint density at radius 2 is 1.58 bits per heavy atom. The summed E-state index contributed by atoms with van der Waals surface area (Å²) in [7, 11) is 0. The number of carboxylic acids is 1. The van der Waals surface area contributed by atoms with Gasteiger partial charge in [0.1, 0.15) is 6.10 Å². The number of benzene rings is 1. The lowest BCUT2D eigenvalue weighted by molar-refractivity contribution is -0.212. The largest absolute Gasteiger partial charge is 0.504 e. The monoisotopic (exact) mass is 618 g/mol. The van der Waals surface area contributed by atoms with Crippen molar-refractivity contribution in [2.24, 2.45) is 50.2 Å². The van der Waals surface area contributed by atoms with Crippen molar-refractivity contribution in [1.29, 1.82) is 0 Å². The third kappa shape index (κ3) is 4.70. The summed E-state index contributed by atoms with van der Waals surface area (Å²) in [5.41, 5.74) is 1.59. The first-order valence-corrected chi connectivity index (χ1v) is 17.2. The van der Waals surface area contributed by atoms with Crippen LogP contribution < -0.4 is 0 Å². The number of hydrogen-bond donors (Lipinski definition) is 3. The lowest BCUT2D eigenvalue weighted by atomic mass is 9.33. The fraction of sp³-hybridized carbons (Fsp3) is 0.692. The van der Waals surface area contributed by atoms with Crippen molar-refractivity contribution < 1.29 is 29.6 Å². The average Bonchev–Trinajstić information content (AvgIpc) is 2.95. The molecule has 0 heterocycles. The van der Waals surface area contributed by atoms with Gasteiger partial charge in [0.25, 0.3) is 0 Å². The summed E-state index contributed by atoms with van der Waals surface area (Å²) in [6.07, 6.45) is 14.8. The second-order valence-electron chi connectivity index (χ2n) is 17.5. The van der Waals surface area contributed by atoms with E-state index in [0.717, 1.165) is 64.2 Å². The zero-order valence-electron chi connectivity index (χ0n) is 28.4. The number of aromatic hydroxyl groups is 2. The van der Waals surface area contributed by atoms with Crippen molar-refractivity contribution in [1.82, 2.24) is 0 Å². The minimum atomic E-state index is -0.619. The molecule has 3 N–H and O–H groups in total. The van der Waals surface area contributed by atoms with Gasteiger partial charge in [-0.3, -0.25) is 4.79 Å². The van der Waals surface area contributed by atoms with Crippen molar-refractivity contribution in [3.8, 4) is 11.5 Å². The van der Waals surface area contributed by atoms with E-state index in [1.54, 1.807) is 12.1 Å². The molecule has 8 atom stereocenters. The molecule has 0 spiro atoms. The molecule has 0 bridgehead atoms. The molecule has 0 aliphatic heterocycles. The SMILES string of the molecule is CC1(C)CCC2(C(=O)O)CCC3(C)C(=CCC4C5(C)CCC(OC(=O)C=Cc6ccc(O)c(O)c6)C(C)(C)C5CCC43C)C2C1. The summed E-state index contributed by atoms with van der Waals surface area (Å²) < 4.78 is 6.15. The number of aliphatic carboxylic acids is 1. The van der Waals surface area contributed by atoms with E-state index >= 15 is 0 Å². The number of carboxylic acid groups (broad SMARTS) is 1. The van der Waals surface area contributed by atoms with Gasteiger partial charge in [-0.05, 0) is 127 Å². The summed E-state index contributed by atoms with van der Waals surface area (Å²) in [4.78, 5) is 25.9. The minimum absolute atomic E-state index is 0.0121. The molecule has 4 saturated carbocycles. The molecular formula is C39H54O6. The summed E-state index contributed by atoms with van der Waals surface area (Å²) in [6, 6.07) is 4.46. The van der Waals surface area contributed by atoms with Crippen LogP contribution in [-0.4, -0.2) is 33.4 Å². The number of fused-ring (bicyclic) bond motifs is 7. The van der Waals surface area contributed by atoms with Crippen LogP contribution in [-0.2, 0) is 14.3 Å². The lowest BCUT2D eigenvalue weighted by Crippen LogP contribution is -2.65. The average molecular weight is 619 g/mol. The van der Waals surface area contributed by atoms with Gasteiger partial charge in [0, 0.05) is 11.5 Å². The molecule has 6 nitrogen and oxygen atoms in total. The van der Waals surface area contributed by atoms with E-state index < -0.39 is 11.4 Å². The molecule has 8 unspecified atom stereocenters. The van der Waals surface area contributed by atoms with Gasteiger partial charge < -0.3 is 20.1 Å². The Labute approximate surface area is 269 Å². The summed E-state index contributed by atoms with van der Waals surface area (Å²) >= 11 is 0. The van der Waals surface area contributed by atoms with E-state index in [9.17, 15) is 24.9 Å². The van der Waals surface area contributed by atoms with Crippen LogP contribution >= 0.6 is 0 Å². The Morgan fingerprint density at radius 3 is 2.27 bits per heavy atom. The number of carbonyl (C=O) groups excluding carboxylic acids is 1. The zero-order valence-corrected chi connectivity index (χ0v) is 28.4. The van der Waals surface area contributed by atoms with Gasteiger partial charge >= 0.3 is 11.9 Å². The van der Waals surface area contributed by atoms with Crippen LogP contribution in [0.3, 0.4) is 0 Å². The fourth-order valence-electron chi connectivity index (χ4n) is 11.8. The lowest BCUT2D eigenvalue weighted by Gasteiger charge is -2.71. The Kier molecular flexibility index (Phi) is 7.42. The first-order chi connectivity index (χ1) is 20.9. The third-order valence-electron chi connectivity index (χ3n) is 14.7. The van der Waals surface area contributed by atoms with Crippen LogP contribution in [0.4, 0.5) is 0 Å². The van der Waals surface area contributed by atoms with Crippen LogP contribution in [0.25, 0.3) is 6.08 Å². The van der Waals surface area contributed by atoms with E-state index in [0.29, 0.717) is 17.4 Å². The first kappa shape index (κ1) is 32.2. The Hall–Kier alpha value is -2.76. The number of phenols is 2. The highest BCUT2D eigenvalue weighted by molar-refractivity contribution is 5.87. The minimum Gasteiger partial charge on any atom is -0.504 e. The van der Waals surface area contributed by atoms with Crippen LogP contribution in [0, 0.1) is 50.2 Å². The second kappa shape index (κ2) is 10.4. The molecule has 6 heteroatoms. The van der Waals surface area contributed by atoms with Gasteiger partial charge in [-0.1, -0.05) is 66.2 Å². The Morgan fingerprint density at radius 1 is 0.867 bits per heavy atom. The van der Waals surface area contributed by atoms with Gasteiger partial charge in [0.05, 0.1) is 5.41 Å². The highest BCUT2D eigenvalue weighted by Crippen LogP contribution is 2.75. The highest BCUT2D eigenvalue weighted by atomic mass is 16.5. The van der Waals surface area contributed by atoms with Crippen LogP contribution in [0.15, 0.2) is 35.9 Å². The first-order valence-electron chi connectivity index (χ1n) is 17.2. The van der Waals surface area contributed by atoms with Gasteiger partial charge in [0.2, 0.25) is 0 Å². The van der Waals surface area contributed by atoms with Crippen molar-refractivity contribution in [2.45, 2.75) is 119 Å². The van der Waals surface area contributed by atoms with E-state index in [1.165, 1.54) is 23.8 Å². The second-order valence-corrected chi connectivity index (χ2v) is 17.5. The fourth-order valence-corrected chi connectivity index (χ4v) is 11.8. The number of allylic oxidation sites excluding steroid dienone is 2. The van der Waals surface area contributed by atoms with E-state index in [4.69, 9.17) is 4.74 Å². The molecule has 5 aliphatic rings. The topological polar surface area (TPSA) is 104 Å². The normalized spacial score (nSPS) is 41.5. The number of esters is 1. The third-order valence-corrected chi connectivity index (χ3v) is 14.7. The molecule has 1 aromatic carbocycles. The van der Waals surface area contributed by atoms with Crippen LogP contribution in [0.5, 0.6) is 11.5 Å². The predicted octanol–water partition coefficient (Wildman–Crippen LogP) is 8.91. The maximum Gasteiger partial charge on any atom is 0.331 e. The quantitative estimate of drug-likeness (QED) is 0.135. The van der Waals surface area contributed by atoms with E-state index in [-0.39, 0.29) is 56.6 Å². The molecule has 5 aliphatic carbocycles. The molecule has 1 aromatic rings. The predicted molar refractivity (Wildman–Crippen MR) is 175 cm³/mol. The summed E-state index contributed by atoms with van der Waals surface area (Å²) in [5.74, 6) is -0.379. The van der Waals surface area contributed by atoms with Crippen molar-refractivity contribution >= 4 is 18.0 Å². The molecule has 45 heavy (non-hydrogen) atoms. The number of hydrogen-bond acceptors (Lipinski definition) is 5. The van der Waals surface area contributed by atoms with Gasteiger partial charge in [-0.2, -0.15) is 0 Å². The smallest absolute Gasteiger partial charge is 0.331 e. The standard InChI is InChI=1S/C39H54O6/c1-34(2)18-20-39(33(43)44)21-19-37(6)25(26(39)23-34)10-12-30-36(5)16-15-31(35(3,4)29(36)14-17-38(30,37)7)45-32(42)13-9-24-8-11-27(40)28(41)22-24/h8-11,13,22,26,29-31,40-41H,12,14-21,23H2,1-7H3,(H,43,44). The molecule has 0 saturated heterocycles. The van der Waals surface area contributed by atoms with Crippen molar-refractivity contribution in [3.63, 3.8) is 0 Å². The molecule has 246 valence electrons. The van der Waals surface area contributed by atoms with Crippen molar-refractivity contribution in [3.05, 3.63) is 41.5 Å². The molecular weight excluding hydrogens is 564 g/mol. The maximum absolute atomic E-state index is 13.0. The number of rotatable bonds is 4. The molecule has 0 aromatic heterocycles. The highest BCUT2D eigenvalue weighted by Gasteiger charge is 2.69. The van der Waals surface area contributed by atoms with Gasteiger partial charge in [0.15, 0.2) is 11.5 Å². The summed E-state index contributed by atoms with van der Waals surface area (Å²) in [6.45, 7) is 16.8. The van der Waals surface area contributed by atoms with Gasteiger partial charge in [-0.15, -0.1) is 0 Å². The number of phenolic OH excluding ortho intramolecular Hbond substituents is 2. The van der Waals surface area contributed by atoms with Crippen LogP contribution in [0.2, 0.25) is 0 Å². The molecule has 4 fully saturated rings. The molecule has 6 rings (SSSR count). The molecule has 0 amide bonds. The van der Waals surface area contributed by atoms with E-state index in [1.807, 2.05) is 0 Å².